The minimum Gasteiger partial charge on any atom is -0.478 e. The SMILES string of the molecule is COc1nc2cc(C)ccc2nc1NC(=O)N1CCN(c2ncccn2)CC1. The lowest BCUT2D eigenvalue weighted by atomic mass is 10.2. The number of piperazine rings is 1. The molecule has 1 aliphatic heterocycles. The van der Waals surface area contributed by atoms with Crippen molar-refractivity contribution in [3.05, 3.63) is 42.2 Å². The van der Waals surface area contributed by atoms with E-state index in [4.69, 9.17) is 4.74 Å². The van der Waals surface area contributed by atoms with Crippen LogP contribution in [0.15, 0.2) is 36.7 Å². The third-order valence-corrected chi connectivity index (χ3v) is 4.61. The third kappa shape index (κ3) is 3.64. The number of rotatable bonds is 3. The lowest BCUT2D eigenvalue weighted by Crippen LogP contribution is -2.50. The number of methoxy groups -OCH3 is 1. The van der Waals surface area contributed by atoms with E-state index in [1.54, 1.807) is 23.4 Å². The van der Waals surface area contributed by atoms with E-state index in [9.17, 15) is 4.79 Å². The molecule has 0 spiro atoms. The summed E-state index contributed by atoms with van der Waals surface area (Å²) in [4.78, 5) is 34.0. The Morgan fingerprint density at radius 2 is 1.82 bits per heavy atom. The average molecular weight is 379 g/mol. The van der Waals surface area contributed by atoms with Crippen LogP contribution in [-0.4, -0.2) is 64.2 Å². The maximum atomic E-state index is 12.7. The molecular formula is C19H21N7O2. The Morgan fingerprint density at radius 1 is 1.07 bits per heavy atom. The molecule has 0 unspecified atom stereocenters. The van der Waals surface area contributed by atoms with Gasteiger partial charge in [-0.2, -0.15) is 0 Å². The molecular weight excluding hydrogens is 358 g/mol. The van der Waals surface area contributed by atoms with Crippen molar-refractivity contribution in [2.75, 3.05) is 43.5 Å². The molecule has 0 bridgehead atoms. The topological polar surface area (TPSA) is 96.4 Å². The van der Waals surface area contributed by atoms with Gasteiger partial charge in [0.15, 0.2) is 5.82 Å². The van der Waals surface area contributed by atoms with Gasteiger partial charge < -0.3 is 14.5 Å². The summed E-state index contributed by atoms with van der Waals surface area (Å²) in [6.45, 7) is 4.44. The van der Waals surface area contributed by atoms with E-state index in [-0.39, 0.29) is 6.03 Å². The Hall–Kier alpha value is -3.49. The molecule has 3 aromatic rings. The zero-order valence-corrected chi connectivity index (χ0v) is 15.8. The fourth-order valence-electron chi connectivity index (χ4n) is 3.12. The van der Waals surface area contributed by atoms with Gasteiger partial charge in [0.1, 0.15) is 0 Å². The number of aromatic nitrogens is 4. The predicted octanol–water partition coefficient (Wildman–Crippen LogP) is 2.09. The van der Waals surface area contributed by atoms with E-state index in [0.29, 0.717) is 49.3 Å². The van der Waals surface area contributed by atoms with Crippen molar-refractivity contribution in [1.29, 1.82) is 0 Å². The number of hydrogen-bond donors (Lipinski definition) is 1. The van der Waals surface area contributed by atoms with E-state index in [0.717, 1.165) is 11.1 Å². The summed E-state index contributed by atoms with van der Waals surface area (Å²) in [5.74, 6) is 1.29. The molecule has 1 saturated heterocycles. The first kappa shape index (κ1) is 17.9. The number of carbonyl (C=O) groups is 1. The van der Waals surface area contributed by atoms with Gasteiger partial charge in [0.05, 0.1) is 18.1 Å². The molecule has 3 heterocycles. The van der Waals surface area contributed by atoms with Crippen LogP contribution in [-0.2, 0) is 0 Å². The number of ether oxygens (including phenoxy) is 1. The molecule has 144 valence electrons. The highest BCUT2D eigenvalue weighted by Gasteiger charge is 2.24. The summed E-state index contributed by atoms with van der Waals surface area (Å²) in [6.07, 6.45) is 3.43. The number of fused-ring (bicyclic) bond motifs is 1. The number of urea groups is 1. The molecule has 1 N–H and O–H groups in total. The van der Waals surface area contributed by atoms with Crippen LogP contribution < -0.4 is 15.0 Å². The van der Waals surface area contributed by atoms with Crippen molar-refractivity contribution in [3.63, 3.8) is 0 Å². The van der Waals surface area contributed by atoms with E-state index >= 15 is 0 Å². The zero-order chi connectivity index (χ0) is 19.5. The maximum absolute atomic E-state index is 12.7. The predicted molar refractivity (Wildman–Crippen MR) is 106 cm³/mol. The number of benzene rings is 1. The zero-order valence-electron chi connectivity index (χ0n) is 15.8. The summed E-state index contributed by atoms with van der Waals surface area (Å²) in [5.41, 5.74) is 2.51. The van der Waals surface area contributed by atoms with Gasteiger partial charge >= 0.3 is 6.03 Å². The van der Waals surface area contributed by atoms with Gasteiger partial charge in [-0.25, -0.2) is 24.7 Å². The van der Waals surface area contributed by atoms with Gasteiger partial charge in [0.2, 0.25) is 5.95 Å². The van der Waals surface area contributed by atoms with E-state index in [2.05, 4.69) is 30.2 Å². The first-order chi connectivity index (χ1) is 13.6. The molecule has 2 aromatic heterocycles. The minimum absolute atomic E-state index is 0.229. The summed E-state index contributed by atoms with van der Waals surface area (Å²) < 4.78 is 5.32. The lowest BCUT2D eigenvalue weighted by molar-refractivity contribution is 0.207. The molecule has 4 rings (SSSR count). The second kappa shape index (κ2) is 7.63. The standard InChI is InChI=1S/C19H21N7O2/c1-13-4-5-14-15(12-13)23-17(28-2)16(22-14)24-19(27)26-10-8-25(9-11-26)18-20-6-3-7-21-18/h3-7,12H,8-11H2,1-2H3,(H,22,24,27). The van der Waals surface area contributed by atoms with Crippen LogP contribution in [0.2, 0.25) is 0 Å². The highest BCUT2D eigenvalue weighted by Crippen LogP contribution is 2.24. The summed E-state index contributed by atoms with van der Waals surface area (Å²) in [7, 11) is 1.51. The van der Waals surface area contributed by atoms with Crippen molar-refractivity contribution in [2.45, 2.75) is 6.92 Å². The monoisotopic (exact) mass is 379 g/mol. The van der Waals surface area contributed by atoms with E-state index < -0.39 is 0 Å². The Labute approximate surface area is 162 Å². The number of carbonyl (C=O) groups excluding carboxylic acids is 1. The largest absolute Gasteiger partial charge is 0.478 e. The molecule has 28 heavy (non-hydrogen) atoms. The normalized spacial score (nSPS) is 14.2. The molecule has 0 atom stereocenters. The van der Waals surface area contributed by atoms with E-state index in [1.165, 1.54) is 7.11 Å². The summed E-state index contributed by atoms with van der Waals surface area (Å²) in [6, 6.07) is 7.33. The Balaban J connectivity index is 1.46. The molecule has 2 amide bonds. The molecule has 0 aliphatic carbocycles. The Morgan fingerprint density at radius 3 is 2.54 bits per heavy atom. The first-order valence-corrected chi connectivity index (χ1v) is 9.04. The van der Waals surface area contributed by atoms with Crippen LogP contribution in [0.25, 0.3) is 11.0 Å². The Bertz CT molecular complexity index is 988. The van der Waals surface area contributed by atoms with Gasteiger partial charge in [0.25, 0.3) is 5.88 Å². The molecule has 0 saturated carbocycles. The number of anilines is 2. The highest BCUT2D eigenvalue weighted by atomic mass is 16.5. The highest BCUT2D eigenvalue weighted by molar-refractivity contribution is 5.91. The molecule has 1 fully saturated rings. The first-order valence-electron chi connectivity index (χ1n) is 9.04. The van der Waals surface area contributed by atoms with Gasteiger partial charge in [-0.3, -0.25) is 5.32 Å². The molecule has 9 nitrogen and oxygen atoms in total. The van der Waals surface area contributed by atoms with Crippen molar-refractivity contribution in [3.8, 4) is 5.88 Å². The van der Waals surface area contributed by atoms with Crippen LogP contribution in [0.5, 0.6) is 5.88 Å². The summed E-state index contributed by atoms with van der Waals surface area (Å²) >= 11 is 0. The number of amides is 2. The third-order valence-electron chi connectivity index (χ3n) is 4.61. The van der Waals surface area contributed by atoms with Crippen LogP contribution >= 0.6 is 0 Å². The van der Waals surface area contributed by atoms with Crippen molar-refractivity contribution >= 4 is 28.8 Å². The minimum atomic E-state index is -0.229. The smallest absolute Gasteiger partial charge is 0.323 e. The van der Waals surface area contributed by atoms with Crippen LogP contribution in [0.1, 0.15) is 5.56 Å². The van der Waals surface area contributed by atoms with Gasteiger partial charge in [0, 0.05) is 38.6 Å². The quantitative estimate of drug-likeness (QED) is 0.744. The lowest BCUT2D eigenvalue weighted by Gasteiger charge is -2.34. The van der Waals surface area contributed by atoms with Gasteiger partial charge in [-0.15, -0.1) is 0 Å². The van der Waals surface area contributed by atoms with Crippen molar-refractivity contribution < 1.29 is 9.53 Å². The second-order valence-electron chi connectivity index (χ2n) is 6.53. The molecule has 1 aliphatic rings. The van der Waals surface area contributed by atoms with Crippen LogP contribution in [0, 0.1) is 6.92 Å². The van der Waals surface area contributed by atoms with Crippen molar-refractivity contribution in [1.82, 2.24) is 24.8 Å². The fraction of sp³-hybridized carbons (Fsp3) is 0.316. The molecule has 9 heteroatoms. The number of hydrogen-bond acceptors (Lipinski definition) is 7. The number of aryl methyl sites for hydroxylation is 1. The van der Waals surface area contributed by atoms with Gasteiger partial charge in [-0.1, -0.05) is 6.07 Å². The Kier molecular flexibility index (Phi) is 4.88. The van der Waals surface area contributed by atoms with Crippen LogP contribution in [0.4, 0.5) is 16.6 Å². The number of nitrogens with one attached hydrogen (secondary N) is 1. The maximum Gasteiger partial charge on any atom is 0.323 e. The summed E-state index contributed by atoms with van der Waals surface area (Å²) in [5, 5.41) is 2.83. The van der Waals surface area contributed by atoms with Gasteiger partial charge in [-0.05, 0) is 30.7 Å². The average Bonchev–Trinajstić information content (AvgIpc) is 2.74. The van der Waals surface area contributed by atoms with E-state index in [1.807, 2.05) is 25.1 Å². The number of nitrogens with zero attached hydrogens (tertiary/aromatic N) is 6. The second-order valence-corrected chi connectivity index (χ2v) is 6.53. The molecule has 1 aromatic carbocycles. The van der Waals surface area contributed by atoms with Crippen molar-refractivity contribution in [2.24, 2.45) is 0 Å². The fourth-order valence-corrected chi connectivity index (χ4v) is 3.12. The molecule has 0 radical (unpaired) electrons. The van der Waals surface area contributed by atoms with Crippen LogP contribution in [0.3, 0.4) is 0 Å².